The van der Waals surface area contributed by atoms with E-state index in [9.17, 15) is 9.90 Å². The molecule has 0 saturated carbocycles. The Hall–Kier alpha value is -2.99. The van der Waals surface area contributed by atoms with Crippen molar-refractivity contribution in [3.05, 3.63) is 92.8 Å². The van der Waals surface area contributed by atoms with Crippen LogP contribution in [0.5, 0.6) is 5.75 Å². The molecular formula is C26H22Cl2N2O3. The molecule has 1 aliphatic rings. The third-order valence-corrected chi connectivity index (χ3v) is 6.59. The number of rotatable bonds is 4. The van der Waals surface area contributed by atoms with Crippen LogP contribution >= 0.6 is 23.2 Å². The number of hydrogen-bond acceptors (Lipinski definition) is 5. The topological polar surface area (TPSA) is 56.9 Å². The van der Waals surface area contributed by atoms with Crippen LogP contribution in [0.25, 0.3) is 22.1 Å². The predicted octanol–water partition coefficient (Wildman–Crippen LogP) is 5.79. The van der Waals surface area contributed by atoms with E-state index in [4.69, 9.17) is 27.6 Å². The molecule has 3 aromatic carbocycles. The molecule has 5 rings (SSSR count). The summed E-state index contributed by atoms with van der Waals surface area (Å²) < 4.78 is 5.92. The number of aromatic hydroxyl groups is 1. The highest BCUT2D eigenvalue weighted by molar-refractivity contribution is 6.31. The Labute approximate surface area is 201 Å². The van der Waals surface area contributed by atoms with Crippen LogP contribution in [0, 0.1) is 0 Å². The first-order chi connectivity index (χ1) is 16.0. The van der Waals surface area contributed by atoms with Gasteiger partial charge in [0.05, 0.1) is 16.5 Å². The fourth-order valence-corrected chi connectivity index (χ4v) is 4.60. The molecule has 168 valence electrons. The molecule has 1 N–H and O–H groups in total. The van der Waals surface area contributed by atoms with E-state index >= 15 is 0 Å². The van der Waals surface area contributed by atoms with E-state index in [1.807, 2.05) is 18.2 Å². The first-order valence-corrected chi connectivity index (χ1v) is 11.5. The zero-order chi connectivity index (χ0) is 22.9. The van der Waals surface area contributed by atoms with Crippen molar-refractivity contribution in [2.75, 3.05) is 31.1 Å². The molecule has 1 fully saturated rings. The monoisotopic (exact) mass is 480 g/mol. The molecular weight excluding hydrogens is 459 g/mol. The van der Waals surface area contributed by atoms with Crippen LogP contribution in [0.1, 0.15) is 5.56 Å². The fraction of sp³-hybridized carbons (Fsp3) is 0.192. The Kier molecular flexibility index (Phi) is 6.02. The number of hydrogen-bond donors (Lipinski definition) is 1. The van der Waals surface area contributed by atoms with E-state index in [1.54, 1.807) is 36.4 Å². The summed E-state index contributed by atoms with van der Waals surface area (Å²) in [4.78, 5) is 17.7. The number of fused-ring (bicyclic) bond motifs is 1. The molecule has 33 heavy (non-hydrogen) atoms. The van der Waals surface area contributed by atoms with Gasteiger partial charge in [-0.1, -0.05) is 41.4 Å². The molecule has 7 heteroatoms. The zero-order valence-electron chi connectivity index (χ0n) is 17.8. The lowest BCUT2D eigenvalue weighted by Gasteiger charge is -2.36. The summed E-state index contributed by atoms with van der Waals surface area (Å²) in [6, 6.07) is 18.1. The van der Waals surface area contributed by atoms with Crippen LogP contribution in [0.2, 0.25) is 10.0 Å². The minimum absolute atomic E-state index is 0.127. The zero-order valence-corrected chi connectivity index (χ0v) is 19.3. The highest BCUT2D eigenvalue weighted by Gasteiger charge is 2.21. The van der Waals surface area contributed by atoms with Gasteiger partial charge in [0.1, 0.15) is 17.6 Å². The van der Waals surface area contributed by atoms with Crippen LogP contribution in [-0.4, -0.2) is 36.2 Å². The lowest BCUT2D eigenvalue weighted by Crippen LogP contribution is -2.46. The summed E-state index contributed by atoms with van der Waals surface area (Å²) >= 11 is 12.1. The third-order valence-electron chi connectivity index (χ3n) is 6.10. The summed E-state index contributed by atoms with van der Waals surface area (Å²) in [7, 11) is 0. The van der Waals surface area contributed by atoms with E-state index in [0.29, 0.717) is 33.7 Å². The van der Waals surface area contributed by atoms with E-state index < -0.39 is 0 Å². The number of halogens is 2. The standard InChI is InChI=1S/C26H22Cl2N2O3/c27-18-6-4-17(5-7-18)23-16-33-26-21(25(23)32)8-9-24(31)22(26)15-29-10-12-30(13-11-29)20-3-1-2-19(28)14-20/h1-9,14,16,31H,10-13,15H2. The van der Waals surface area contributed by atoms with E-state index in [1.165, 1.54) is 6.26 Å². The number of phenols is 1. The molecule has 1 aliphatic heterocycles. The van der Waals surface area contributed by atoms with E-state index in [-0.39, 0.29) is 11.2 Å². The molecule has 5 nitrogen and oxygen atoms in total. The molecule has 4 aromatic rings. The quantitative estimate of drug-likeness (QED) is 0.400. The molecule has 2 heterocycles. The Bertz CT molecular complexity index is 1360. The smallest absolute Gasteiger partial charge is 0.200 e. The maximum atomic E-state index is 13.2. The fourth-order valence-electron chi connectivity index (χ4n) is 4.29. The van der Waals surface area contributed by atoms with Crippen molar-refractivity contribution in [1.29, 1.82) is 0 Å². The van der Waals surface area contributed by atoms with Gasteiger partial charge < -0.3 is 14.4 Å². The summed E-state index contributed by atoms with van der Waals surface area (Å²) in [5, 5.41) is 12.4. The largest absolute Gasteiger partial charge is 0.507 e. The normalized spacial score (nSPS) is 14.7. The van der Waals surface area contributed by atoms with Gasteiger partial charge >= 0.3 is 0 Å². The maximum Gasteiger partial charge on any atom is 0.200 e. The predicted molar refractivity (Wildman–Crippen MR) is 134 cm³/mol. The van der Waals surface area contributed by atoms with Crippen LogP contribution in [-0.2, 0) is 6.54 Å². The lowest BCUT2D eigenvalue weighted by molar-refractivity contribution is 0.246. The highest BCUT2D eigenvalue weighted by atomic mass is 35.5. The van der Waals surface area contributed by atoms with E-state index in [0.717, 1.165) is 42.5 Å². The van der Waals surface area contributed by atoms with Crippen molar-refractivity contribution in [2.45, 2.75) is 6.54 Å². The van der Waals surface area contributed by atoms with Gasteiger partial charge in [-0.3, -0.25) is 9.69 Å². The van der Waals surface area contributed by atoms with Gasteiger partial charge in [0.25, 0.3) is 0 Å². The lowest BCUT2D eigenvalue weighted by atomic mass is 10.0. The maximum absolute atomic E-state index is 13.2. The summed E-state index contributed by atoms with van der Waals surface area (Å²) in [6.45, 7) is 3.81. The molecule has 0 aliphatic carbocycles. The number of piperazine rings is 1. The summed E-state index contributed by atoms with van der Waals surface area (Å²) in [6.07, 6.45) is 1.47. The van der Waals surface area contributed by atoms with Crippen molar-refractivity contribution in [3.8, 4) is 16.9 Å². The summed E-state index contributed by atoms with van der Waals surface area (Å²) in [5.74, 6) is 0.127. The average Bonchev–Trinajstić information content (AvgIpc) is 2.82. The van der Waals surface area contributed by atoms with Crippen molar-refractivity contribution >= 4 is 39.9 Å². The van der Waals surface area contributed by atoms with Crippen LogP contribution in [0.4, 0.5) is 5.69 Å². The first-order valence-electron chi connectivity index (χ1n) is 10.7. The highest BCUT2D eigenvalue weighted by Crippen LogP contribution is 2.30. The van der Waals surface area contributed by atoms with Crippen molar-refractivity contribution in [1.82, 2.24) is 4.90 Å². The van der Waals surface area contributed by atoms with Crippen molar-refractivity contribution in [3.63, 3.8) is 0 Å². The molecule has 0 bridgehead atoms. The van der Waals surface area contributed by atoms with E-state index in [2.05, 4.69) is 15.9 Å². The van der Waals surface area contributed by atoms with Crippen molar-refractivity contribution < 1.29 is 9.52 Å². The number of benzene rings is 3. The average molecular weight is 481 g/mol. The second-order valence-corrected chi connectivity index (χ2v) is 9.04. The second-order valence-electron chi connectivity index (χ2n) is 8.17. The molecule has 1 saturated heterocycles. The Balaban J connectivity index is 1.39. The van der Waals surface area contributed by atoms with Gasteiger partial charge in [-0.05, 0) is 48.0 Å². The first kappa shape index (κ1) is 21.8. The second kappa shape index (κ2) is 9.10. The molecule has 1 aromatic heterocycles. The Morgan fingerprint density at radius 1 is 0.909 bits per heavy atom. The number of nitrogens with zero attached hydrogens (tertiary/aromatic N) is 2. The molecule has 0 amide bonds. The molecule has 0 atom stereocenters. The SMILES string of the molecule is O=c1c(-c2ccc(Cl)cc2)coc2c(CN3CCN(c4cccc(Cl)c4)CC3)c(O)ccc12. The summed E-state index contributed by atoms with van der Waals surface area (Å²) in [5.41, 5.74) is 3.23. The molecule has 0 unspecified atom stereocenters. The number of anilines is 1. The minimum Gasteiger partial charge on any atom is -0.507 e. The van der Waals surface area contributed by atoms with Crippen molar-refractivity contribution in [2.24, 2.45) is 0 Å². The Morgan fingerprint density at radius 2 is 1.67 bits per heavy atom. The van der Waals surface area contributed by atoms with Gasteiger partial charge in [0, 0.05) is 48.5 Å². The van der Waals surface area contributed by atoms with Gasteiger partial charge in [0.2, 0.25) is 5.43 Å². The molecule has 0 spiro atoms. The Morgan fingerprint density at radius 3 is 2.39 bits per heavy atom. The number of phenolic OH excluding ortho intramolecular Hbond substituents is 1. The third kappa shape index (κ3) is 4.44. The van der Waals surface area contributed by atoms with Gasteiger partial charge in [-0.15, -0.1) is 0 Å². The van der Waals surface area contributed by atoms with Gasteiger partial charge in [-0.25, -0.2) is 0 Å². The van der Waals surface area contributed by atoms with Crippen LogP contribution in [0.3, 0.4) is 0 Å². The van der Waals surface area contributed by atoms with Gasteiger partial charge in [-0.2, -0.15) is 0 Å². The molecule has 0 radical (unpaired) electrons. The van der Waals surface area contributed by atoms with Gasteiger partial charge in [0.15, 0.2) is 0 Å². The van der Waals surface area contributed by atoms with Crippen LogP contribution < -0.4 is 10.3 Å². The van der Waals surface area contributed by atoms with Crippen LogP contribution in [0.15, 0.2) is 76.1 Å². The minimum atomic E-state index is -0.134.